The number of nitro groups is 1. The largest absolute Gasteiger partial charge is 0.507 e. The van der Waals surface area contributed by atoms with Crippen molar-refractivity contribution in [2.24, 2.45) is 0 Å². The third-order valence-electron chi connectivity index (χ3n) is 5.10. The zero-order valence-electron chi connectivity index (χ0n) is 16.8. The van der Waals surface area contributed by atoms with Crippen LogP contribution in [0.25, 0.3) is 5.76 Å². The van der Waals surface area contributed by atoms with Gasteiger partial charge in [-0.3, -0.25) is 24.6 Å². The summed E-state index contributed by atoms with van der Waals surface area (Å²) in [5.74, 6) is -1.48. The maximum atomic E-state index is 13.0. The molecule has 2 heterocycles. The highest BCUT2D eigenvalue weighted by Crippen LogP contribution is 2.42. The van der Waals surface area contributed by atoms with Crippen molar-refractivity contribution in [1.82, 2.24) is 4.98 Å². The minimum atomic E-state index is -1.10. The molecule has 1 aromatic heterocycles. The Kier molecular flexibility index (Phi) is 5.38. The lowest BCUT2D eigenvalue weighted by Crippen LogP contribution is -2.30. The summed E-state index contributed by atoms with van der Waals surface area (Å²) < 4.78 is 5.11. The van der Waals surface area contributed by atoms with E-state index >= 15 is 0 Å². The van der Waals surface area contributed by atoms with E-state index in [1.165, 1.54) is 31.5 Å². The number of anilines is 1. The van der Waals surface area contributed by atoms with Gasteiger partial charge >= 0.3 is 5.91 Å². The van der Waals surface area contributed by atoms with Crippen LogP contribution in [0.4, 0.5) is 11.5 Å². The number of benzene rings is 2. The molecule has 0 spiro atoms. The van der Waals surface area contributed by atoms with E-state index in [2.05, 4.69) is 4.98 Å². The molecule has 3 aromatic rings. The van der Waals surface area contributed by atoms with Gasteiger partial charge in [0.05, 0.1) is 23.6 Å². The van der Waals surface area contributed by atoms with E-state index in [1.54, 1.807) is 48.5 Å². The molecule has 1 atom stereocenters. The van der Waals surface area contributed by atoms with Gasteiger partial charge in [-0.1, -0.05) is 18.2 Å². The number of carbonyl (C=O) groups excluding carboxylic acids is 2. The second-order valence-corrected chi connectivity index (χ2v) is 6.94. The molecule has 32 heavy (non-hydrogen) atoms. The zero-order chi connectivity index (χ0) is 22.8. The molecule has 0 radical (unpaired) electrons. The Bertz CT molecular complexity index is 1240. The summed E-state index contributed by atoms with van der Waals surface area (Å²) >= 11 is 0. The Hall–Kier alpha value is -4.53. The maximum Gasteiger partial charge on any atom is 0.301 e. The van der Waals surface area contributed by atoms with E-state index in [0.29, 0.717) is 16.9 Å². The second kappa shape index (κ2) is 8.31. The highest BCUT2D eigenvalue weighted by atomic mass is 16.6. The Morgan fingerprint density at radius 2 is 1.84 bits per heavy atom. The average molecular weight is 431 g/mol. The summed E-state index contributed by atoms with van der Waals surface area (Å²) in [6, 6.07) is 15.6. The van der Waals surface area contributed by atoms with Crippen LogP contribution in [0.5, 0.6) is 5.75 Å². The molecule has 4 rings (SSSR count). The third kappa shape index (κ3) is 3.56. The number of rotatable bonds is 5. The SMILES string of the molecule is COc1ccc(C(O)=C2C(=O)C(=O)N(c3ccccn3)C2c2cccc([N+](=O)[O-])c2)cc1. The van der Waals surface area contributed by atoms with E-state index in [-0.39, 0.29) is 17.1 Å². The molecule has 160 valence electrons. The minimum Gasteiger partial charge on any atom is -0.507 e. The molecule has 9 nitrogen and oxygen atoms in total. The highest BCUT2D eigenvalue weighted by molar-refractivity contribution is 6.51. The number of nitrogens with zero attached hydrogens (tertiary/aromatic N) is 3. The van der Waals surface area contributed by atoms with Gasteiger partial charge in [-0.2, -0.15) is 0 Å². The van der Waals surface area contributed by atoms with Crippen molar-refractivity contribution in [3.05, 3.63) is 99.7 Å². The molecule has 9 heteroatoms. The first-order chi connectivity index (χ1) is 15.4. The number of Topliss-reactive ketones (excluding diaryl/α,β-unsaturated/α-hetero) is 1. The number of ketones is 1. The Labute approximate surface area is 182 Å². The number of aliphatic hydroxyl groups is 1. The number of pyridine rings is 1. The molecule has 1 N–H and O–H groups in total. The molecule has 1 aliphatic heterocycles. The predicted octanol–water partition coefficient (Wildman–Crippen LogP) is 3.62. The Balaban J connectivity index is 1.94. The normalized spacial score (nSPS) is 17.4. The van der Waals surface area contributed by atoms with Crippen molar-refractivity contribution in [2.45, 2.75) is 6.04 Å². The number of ether oxygens (including phenoxy) is 1. The number of amides is 1. The zero-order valence-corrected chi connectivity index (χ0v) is 16.8. The van der Waals surface area contributed by atoms with Crippen LogP contribution in [0.2, 0.25) is 0 Å². The van der Waals surface area contributed by atoms with Crippen molar-refractivity contribution >= 4 is 29.0 Å². The number of hydrogen-bond acceptors (Lipinski definition) is 7. The fraction of sp³-hybridized carbons (Fsp3) is 0.0870. The first kappa shape index (κ1) is 20.7. The van der Waals surface area contributed by atoms with E-state index in [9.17, 15) is 24.8 Å². The van der Waals surface area contributed by atoms with Gasteiger partial charge in [0, 0.05) is 23.9 Å². The Morgan fingerprint density at radius 1 is 1.09 bits per heavy atom. The van der Waals surface area contributed by atoms with Crippen LogP contribution in [-0.2, 0) is 9.59 Å². The molecule has 1 aliphatic rings. The number of aromatic nitrogens is 1. The highest BCUT2D eigenvalue weighted by Gasteiger charge is 2.47. The maximum absolute atomic E-state index is 13.0. The van der Waals surface area contributed by atoms with Crippen molar-refractivity contribution in [1.29, 1.82) is 0 Å². The van der Waals surface area contributed by atoms with Crippen molar-refractivity contribution < 1.29 is 24.4 Å². The topological polar surface area (TPSA) is 123 Å². The number of aliphatic hydroxyl groups excluding tert-OH is 1. The number of non-ortho nitro benzene ring substituents is 1. The third-order valence-corrected chi connectivity index (χ3v) is 5.10. The van der Waals surface area contributed by atoms with Crippen LogP contribution in [0.1, 0.15) is 17.2 Å². The predicted molar refractivity (Wildman–Crippen MR) is 115 cm³/mol. The van der Waals surface area contributed by atoms with Crippen LogP contribution in [0.15, 0.2) is 78.5 Å². The summed E-state index contributed by atoms with van der Waals surface area (Å²) in [6.45, 7) is 0. The van der Waals surface area contributed by atoms with E-state index in [1.807, 2.05) is 0 Å². The average Bonchev–Trinajstić information content (AvgIpc) is 3.09. The number of carbonyl (C=O) groups is 2. The molecule has 1 saturated heterocycles. The van der Waals surface area contributed by atoms with Gasteiger partial charge in [-0.15, -0.1) is 0 Å². The lowest BCUT2D eigenvalue weighted by molar-refractivity contribution is -0.384. The van der Waals surface area contributed by atoms with Gasteiger partial charge in [0.1, 0.15) is 17.3 Å². The summed E-state index contributed by atoms with van der Waals surface area (Å²) in [6.07, 6.45) is 1.46. The lowest BCUT2D eigenvalue weighted by Gasteiger charge is -2.24. The summed E-state index contributed by atoms with van der Waals surface area (Å²) in [5.41, 5.74) is 0.184. The van der Waals surface area contributed by atoms with E-state index in [4.69, 9.17) is 4.74 Å². The van der Waals surface area contributed by atoms with Crippen molar-refractivity contribution in [2.75, 3.05) is 12.0 Å². The molecule has 2 aromatic carbocycles. The summed E-state index contributed by atoms with van der Waals surface area (Å²) in [4.78, 5) is 42.1. The van der Waals surface area contributed by atoms with Crippen LogP contribution in [0.3, 0.4) is 0 Å². The van der Waals surface area contributed by atoms with Gasteiger partial charge in [-0.05, 0) is 42.0 Å². The van der Waals surface area contributed by atoms with Gasteiger partial charge in [-0.25, -0.2) is 4.98 Å². The van der Waals surface area contributed by atoms with E-state index < -0.39 is 28.4 Å². The van der Waals surface area contributed by atoms with Crippen LogP contribution in [-0.4, -0.2) is 33.8 Å². The molecule has 0 bridgehead atoms. The van der Waals surface area contributed by atoms with Crippen LogP contribution >= 0.6 is 0 Å². The molecule has 0 saturated carbocycles. The lowest BCUT2D eigenvalue weighted by atomic mass is 9.95. The molecule has 0 aliphatic carbocycles. The smallest absolute Gasteiger partial charge is 0.301 e. The first-order valence-corrected chi connectivity index (χ1v) is 9.53. The van der Waals surface area contributed by atoms with Crippen molar-refractivity contribution in [3.8, 4) is 5.75 Å². The summed E-state index contributed by atoms with van der Waals surface area (Å²) in [7, 11) is 1.50. The second-order valence-electron chi connectivity index (χ2n) is 6.94. The number of methoxy groups -OCH3 is 1. The molecule has 1 fully saturated rings. The number of hydrogen-bond donors (Lipinski definition) is 1. The van der Waals surface area contributed by atoms with Crippen LogP contribution in [0, 0.1) is 10.1 Å². The summed E-state index contributed by atoms with van der Waals surface area (Å²) in [5, 5.41) is 22.3. The van der Waals surface area contributed by atoms with Gasteiger partial charge in [0.25, 0.3) is 11.5 Å². The molecular weight excluding hydrogens is 414 g/mol. The fourth-order valence-electron chi connectivity index (χ4n) is 3.59. The van der Waals surface area contributed by atoms with E-state index in [0.717, 1.165) is 4.90 Å². The van der Waals surface area contributed by atoms with Gasteiger partial charge < -0.3 is 9.84 Å². The quantitative estimate of drug-likeness (QED) is 0.215. The molecule has 1 amide bonds. The monoisotopic (exact) mass is 431 g/mol. The van der Waals surface area contributed by atoms with Crippen LogP contribution < -0.4 is 9.64 Å². The first-order valence-electron chi connectivity index (χ1n) is 9.53. The van der Waals surface area contributed by atoms with Crippen molar-refractivity contribution in [3.63, 3.8) is 0 Å². The minimum absolute atomic E-state index is 0.180. The number of nitro benzene ring substituents is 1. The van der Waals surface area contributed by atoms with Gasteiger partial charge in [0.2, 0.25) is 0 Å². The Morgan fingerprint density at radius 3 is 2.47 bits per heavy atom. The standard InChI is InChI=1S/C23H17N3O6/c1-32-17-10-8-14(9-11-17)21(27)19-20(15-5-4-6-16(13-15)26(30)31)25(23(29)22(19)28)18-7-2-3-12-24-18/h2-13,20,27H,1H3. The molecule has 1 unspecified atom stereocenters. The molecular formula is C23H17N3O6. The van der Waals surface area contributed by atoms with Gasteiger partial charge in [0.15, 0.2) is 0 Å². The fourth-order valence-corrected chi connectivity index (χ4v) is 3.59.